The molecule has 0 radical (unpaired) electrons. The zero-order valence-corrected chi connectivity index (χ0v) is 9.82. The Morgan fingerprint density at radius 1 is 1.28 bits per heavy atom. The molecule has 98 valence electrons. The van der Waals surface area contributed by atoms with E-state index in [0.29, 0.717) is 5.56 Å². The maximum absolute atomic E-state index is 13.3. The average Bonchev–Trinajstić information content (AvgIpc) is 2.21. The lowest BCUT2D eigenvalue weighted by Crippen LogP contribution is -2.25. The molecule has 1 rings (SSSR count). The Morgan fingerprint density at radius 3 is 2.33 bits per heavy atom. The van der Waals surface area contributed by atoms with Gasteiger partial charge in [0.25, 0.3) is 0 Å². The Hall–Kier alpha value is -1.43. The number of benzene rings is 1. The first-order valence-electron chi connectivity index (χ1n) is 4.71. The summed E-state index contributed by atoms with van der Waals surface area (Å²) in [6.45, 7) is 1.46. The fraction of sp³-hybridized carbons (Fsp3) is 0.273. The van der Waals surface area contributed by atoms with Crippen LogP contribution in [0, 0.1) is 12.7 Å². The lowest BCUT2D eigenvalue weighted by Gasteiger charge is -2.07. The molecule has 2 nitrogen and oxygen atoms in total. The van der Waals surface area contributed by atoms with Crippen molar-refractivity contribution in [3.05, 3.63) is 34.1 Å². The molecule has 0 aliphatic heterocycles. The predicted molar refractivity (Wildman–Crippen MR) is 56.2 cm³/mol. The molecule has 7 heteroatoms. The van der Waals surface area contributed by atoms with E-state index in [1.54, 1.807) is 0 Å². The molecule has 0 fully saturated rings. The second-order valence-corrected chi connectivity index (χ2v) is 4.01. The number of carbonyl (C=O) groups excluding carboxylic acids is 2. The monoisotopic (exact) mass is 294 g/mol. The Morgan fingerprint density at radius 2 is 1.83 bits per heavy atom. The molecule has 0 N–H and O–H groups in total. The minimum atomic E-state index is -5.10. The Kier molecular flexibility index (Phi) is 4.11. The molecule has 0 saturated heterocycles. The summed E-state index contributed by atoms with van der Waals surface area (Å²) in [5.74, 6) is -4.49. The van der Waals surface area contributed by atoms with E-state index >= 15 is 0 Å². The highest BCUT2D eigenvalue weighted by atomic mass is 35.5. The molecule has 0 aliphatic carbocycles. The van der Waals surface area contributed by atoms with Gasteiger partial charge in [-0.1, -0.05) is 11.6 Å². The molecule has 0 saturated carbocycles. The van der Waals surface area contributed by atoms with Gasteiger partial charge in [-0.25, -0.2) is 4.39 Å². The number of alkyl halides is 3. The summed E-state index contributed by atoms with van der Waals surface area (Å²) >= 11 is 5.57. The molecule has 0 aliphatic rings. The van der Waals surface area contributed by atoms with E-state index in [0.717, 1.165) is 12.1 Å². The van der Waals surface area contributed by atoms with Gasteiger partial charge in [-0.15, -0.1) is 0 Å². The molecule has 1 aromatic carbocycles. The largest absolute Gasteiger partial charge is 0.450 e. The highest BCUT2D eigenvalue weighted by Gasteiger charge is 2.39. The van der Waals surface area contributed by atoms with Crippen LogP contribution in [-0.4, -0.2) is 17.7 Å². The van der Waals surface area contributed by atoms with Gasteiger partial charge in [-0.3, -0.25) is 9.59 Å². The first-order chi connectivity index (χ1) is 8.12. The zero-order chi connectivity index (χ0) is 14.1. The van der Waals surface area contributed by atoms with Crippen LogP contribution in [0.4, 0.5) is 17.6 Å². The van der Waals surface area contributed by atoms with Gasteiger partial charge >= 0.3 is 6.18 Å². The summed E-state index contributed by atoms with van der Waals surface area (Å²) < 4.78 is 49.2. The van der Waals surface area contributed by atoms with Gasteiger partial charge in [0, 0.05) is 5.02 Å². The first-order valence-corrected chi connectivity index (χ1v) is 5.09. The van der Waals surface area contributed by atoms with Crippen molar-refractivity contribution < 1.29 is 27.2 Å². The molecule has 0 aromatic heterocycles. The van der Waals surface area contributed by atoms with Crippen LogP contribution in [0.3, 0.4) is 0 Å². The molecule has 0 heterocycles. The van der Waals surface area contributed by atoms with Gasteiger partial charge in [0.05, 0.1) is 12.0 Å². The summed E-state index contributed by atoms with van der Waals surface area (Å²) in [5.41, 5.74) is -0.240. The SMILES string of the molecule is C[14c]1[14cH][14c](C(=O)CC(=O)C(F)(F)F)[14c](F)[14cH][14c]1Cl. The van der Waals surface area contributed by atoms with Gasteiger partial charge in [-0.05, 0) is 24.6 Å². The average molecular weight is 295 g/mol. The Labute approximate surface area is 105 Å². The number of aryl methyl sites for hydroxylation is 1. The highest BCUT2D eigenvalue weighted by Crippen LogP contribution is 2.23. The van der Waals surface area contributed by atoms with E-state index in [1.165, 1.54) is 6.92 Å². The Balaban J connectivity index is 2.99. The number of hydrogen-bond donors (Lipinski definition) is 0. The molecule has 1 aromatic rings. The fourth-order valence-electron chi connectivity index (χ4n) is 1.21. The van der Waals surface area contributed by atoms with Gasteiger partial charge in [0.15, 0.2) is 5.78 Å². The standard InChI is InChI=1S/C11H7ClF4O2/c1-5-2-6(8(13)3-7(5)12)9(17)4-10(18)11(14,15)16/h2-3H,4H2,1H3/i2+2,3+2,5+2,6+2,7+2,8+2. The smallest absolute Gasteiger partial charge is 0.294 e. The van der Waals surface area contributed by atoms with Crippen molar-refractivity contribution in [3.8, 4) is 0 Å². The molecule has 18 heavy (non-hydrogen) atoms. The van der Waals surface area contributed by atoms with Crippen LogP contribution in [0.5, 0.6) is 0 Å². The summed E-state index contributed by atoms with van der Waals surface area (Å²) in [6.07, 6.45) is -6.52. The third kappa shape index (κ3) is 3.29. The topological polar surface area (TPSA) is 34.1 Å². The first kappa shape index (κ1) is 14.6. The Bertz CT molecular complexity index is 509. The van der Waals surface area contributed by atoms with Gasteiger partial charge in [-0.2, -0.15) is 13.2 Å². The van der Waals surface area contributed by atoms with Crippen LogP contribution in [0.15, 0.2) is 12.1 Å². The fourth-order valence-corrected chi connectivity index (χ4v) is 1.36. The van der Waals surface area contributed by atoms with E-state index < -0.39 is 35.5 Å². The molecule has 0 unspecified atom stereocenters. The number of rotatable bonds is 3. The molecule has 0 atom stereocenters. The number of ketones is 2. The quantitative estimate of drug-likeness (QED) is 0.486. The van der Waals surface area contributed by atoms with E-state index in [1.807, 2.05) is 0 Å². The van der Waals surface area contributed by atoms with Crippen molar-refractivity contribution >= 4 is 23.2 Å². The molecule has 0 bridgehead atoms. The van der Waals surface area contributed by atoms with Crippen molar-refractivity contribution in [3.63, 3.8) is 0 Å². The minimum absolute atomic E-state index is 0.0474. The van der Waals surface area contributed by atoms with E-state index in [9.17, 15) is 27.2 Å². The molecular weight excluding hydrogens is 288 g/mol. The van der Waals surface area contributed by atoms with Crippen LogP contribution < -0.4 is 0 Å². The summed E-state index contributed by atoms with van der Waals surface area (Å²) in [4.78, 5) is 22.0. The normalized spacial score (nSPS) is 11.4. The van der Waals surface area contributed by atoms with Gasteiger partial charge in [0.2, 0.25) is 5.78 Å². The lowest BCUT2D eigenvalue weighted by molar-refractivity contribution is -0.170. The number of carbonyl (C=O) groups is 2. The molecule has 0 amide bonds. The van der Waals surface area contributed by atoms with Crippen molar-refractivity contribution in [1.29, 1.82) is 0 Å². The lowest BCUT2D eigenvalue weighted by atomic mass is 10.3. The van der Waals surface area contributed by atoms with Crippen molar-refractivity contribution in [1.82, 2.24) is 0 Å². The number of hydrogen-bond acceptors (Lipinski definition) is 2. The van der Waals surface area contributed by atoms with Crippen molar-refractivity contribution in [2.45, 2.75) is 19.5 Å². The van der Waals surface area contributed by atoms with Crippen LogP contribution in [0.25, 0.3) is 0 Å². The van der Waals surface area contributed by atoms with E-state index in [2.05, 4.69) is 0 Å². The summed E-state index contributed by atoms with van der Waals surface area (Å²) in [6, 6.07) is 1.84. The number of Topliss-reactive ketones (excluding diaryl/α,β-unsaturated/α-hetero) is 2. The third-order valence-corrected chi connectivity index (χ3v) is 2.59. The van der Waals surface area contributed by atoms with Crippen LogP contribution >= 0.6 is 11.6 Å². The highest BCUT2D eigenvalue weighted by molar-refractivity contribution is 6.31. The zero-order valence-electron chi connectivity index (χ0n) is 9.07. The second kappa shape index (κ2) is 5.06. The molecule has 0 spiro atoms. The van der Waals surface area contributed by atoms with E-state index in [4.69, 9.17) is 11.6 Å². The van der Waals surface area contributed by atoms with Crippen LogP contribution in [0.2, 0.25) is 5.02 Å². The summed E-state index contributed by atoms with van der Waals surface area (Å²) in [7, 11) is 0. The van der Waals surface area contributed by atoms with Crippen LogP contribution in [-0.2, 0) is 4.79 Å². The van der Waals surface area contributed by atoms with E-state index in [-0.39, 0.29) is 5.02 Å². The van der Waals surface area contributed by atoms with Gasteiger partial charge < -0.3 is 0 Å². The maximum Gasteiger partial charge on any atom is 0.450 e. The van der Waals surface area contributed by atoms with Gasteiger partial charge in [0.1, 0.15) is 5.82 Å². The van der Waals surface area contributed by atoms with Crippen molar-refractivity contribution in [2.75, 3.05) is 0 Å². The minimum Gasteiger partial charge on any atom is -0.294 e. The van der Waals surface area contributed by atoms with Crippen LogP contribution in [0.1, 0.15) is 22.3 Å². The third-order valence-electron chi connectivity index (χ3n) is 2.19. The number of halogens is 5. The second-order valence-electron chi connectivity index (χ2n) is 3.60. The molecular formula is C11H7ClF4O2. The maximum atomic E-state index is 13.3. The predicted octanol–water partition coefficient (Wildman–Crippen LogP) is 3.49. The summed E-state index contributed by atoms with van der Waals surface area (Å²) in [5, 5.41) is 0.0474. The van der Waals surface area contributed by atoms with Crippen molar-refractivity contribution in [2.24, 2.45) is 0 Å².